The van der Waals surface area contributed by atoms with E-state index >= 15 is 0 Å². The van der Waals surface area contributed by atoms with Crippen molar-refractivity contribution in [3.05, 3.63) is 101 Å². The number of hydrogen-bond donors (Lipinski definition) is 3. The maximum absolute atomic E-state index is 12.4. The number of carbonyl (C=O) groups is 1. The van der Waals surface area contributed by atoms with Gasteiger partial charge in [0, 0.05) is 13.6 Å². The summed E-state index contributed by atoms with van der Waals surface area (Å²) in [6.45, 7) is 4.83. The molecule has 0 aliphatic rings. The van der Waals surface area contributed by atoms with E-state index in [2.05, 4.69) is 47.1 Å². The monoisotopic (exact) mass is 385 g/mol. The van der Waals surface area contributed by atoms with E-state index in [1.807, 2.05) is 61.5 Å². The Morgan fingerprint density at radius 2 is 1.41 bits per heavy atom. The van der Waals surface area contributed by atoms with Gasteiger partial charge in [-0.3, -0.25) is 4.79 Å². The molecule has 4 heteroatoms. The Morgan fingerprint density at radius 3 is 2.03 bits per heavy atom. The van der Waals surface area contributed by atoms with E-state index in [1.165, 1.54) is 16.7 Å². The Kier molecular flexibility index (Phi) is 6.69. The number of likely N-dealkylation sites (N-methyl/N-ethyl adjacent to an activating group) is 1. The van der Waals surface area contributed by atoms with Crippen LogP contribution in [0.3, 0.4) is 0 Å². The molecule has 0 atom stereocenters. The van der Waals surface area contributed by atoms with Crippen LogP contribution in [0.2, 0.25) is 0 Å². The molecule has 3 rings (SSSR count). The number of nitrogens with one attached hydrogen (secondary N) is 3. The lowest BCUT2D eigenvalue weighted by Gasteiger charge is -2.16. The molecule has 3 aromatic rings. The fourth-order valence-electron chi connectivity index (χ4n) is 2.92. The molecule has 0 saturated heterocycles. The first-order valence-electron chi connectivity index (χ1n) is 9.71. The smallest absolute Gasteiger partial charge is 0.267 e. The quantitative estimate of drug-likeness (QED) is 0.495. The molecule has 3 N–H and O–H groups in total. The molecule has 0 bridgehead atoms. The number of hydrogen-bond acceptors (Lipinski definition) is 3. The summed E-state index contributed by atoms with van der Waals surface area (Å²) in [6, 6.07) is 24.4. The van der Waals surface area contributed by atoms with Gasteiger partial charge in [-0.05, 0) is 43.2 Å². The van der Waals surface area contributed by atoms with Gasteiger partial charge < -0.3 is 16.0 Å². The van der Waals surface area contributed by atoms with Crippen LogP contribution in [0.4, 0.5) is 11.4 Å². The predicted octanol–water partition coefficient (Wildman–Crippen LogP) is 5.11. The molecule has 4 nitrogen and oxygen atoms in total. The molecule has 0 fully saturated rings. The van der Waals surface area contributed by atoms with Gasteiger partial charge in [-0.15, -0.1) is 0 Å². The van der Waals surface area contributed by atoms with Crippen molar-refractivity contribution in [3.63, 3.8) is 0 Å². The van der Waals surface area contributed by atoms with Gasteiger partial charge in [0.05, 0.1) is 11.4 Å². The second-order valence-electron chi connectivity index (χ2n) is 7.06. The van der Waals surface area contributed by atoms with Crippen LogP contribution in [-0.2, 0) is 11.3 Å². The van der Waals surface area contributed by atoms with E-state index in [0.717, 1.165) is 16.9 Å². The van der Waals surface area contributed by atoms with Gasteiger partial charge in [0.15, 0.2) is 0 Å². The van der Waals surface area contributed by atoms with Gasteiger partial charge in [0.2, 0.25) is 0 Å². The van der Waals surface area contributed by atoms with Crippen LogP contribution in [-0.4, -0.2) is 13.0 Å². The molecule has 0 unspecified atom stereocenters. The van der Waals surface area contributed by atoms with Gasteiger partial charge in [0.1, 0.15) is 5.70 Å². The van der Waals surface area contributed by atoms with Gasteiger partial charge >= 0.3 is 0 Å². The molecule has 0 aliphatic heterocycles. The number of rotatable bonds is 7. The van der Waals surface area contributed by atoms with Gasteiger partial charge in [-0.1, -0.05) is 71.8 Å². The number of para-hydroxylation sites is 2. The first-order valence-corrected chi connectivity index (χ1v) is 9.71. The highest BCUT2D eigenvalue weighted by molar-refractivity contribution is 6.01. The Balaban J connectivity index is 1.81. The minimum atomic E-state index is -0.168. The number of anilines is 2. The summed E-state index contributed by atoms with van der Waals surface area (Å²) in [5.74, 6) is -0.168. The third kappa shape index (κ3) is 5.72. The Labute approximate surface area is 172 Å². The van der Waals surface area contributed by atoms with Crippen molar-refractivity contribution in [2.24, 2.45) is 0 Å². The fraction of sp³-hybridized carbons (Fsp3) is 0.160. The zero-order valence-electron chi connectivity index (χ0n) is 17.1. The Hall–Kier alpha value is -3.53. The Morgan fingerprint density at radius 1 is 0.828 bits per heavy atom. The normalized spacial score (nSPS) is 11.1. The summed E-state index contributed by atoms with van der Waals surface area (Å²) in [4.78, 5) is 12.4. The van der Waals surface area contributed by atoms with Crippen LogP contribution in [0.1, 0.15) is 22.3 Å². The van der Waals surface area contributed by atoms with Crippen molar-refractivity contribution in [1.29, 1.82) is 0 Å². The van der Waals surface area contributed by atoms with Crippen molar-refractivity contribution in [2.75, 3.05) is 17.7 Å². The zero-order valence-corrected chi connectivity index (χ0v) is 17.1. The molecule has 0 aromatic heterocycles. The van der Waals surface area contributed by atoms with E-state index in [0.29, 0.717) is 12.2 Å². The van der Waals surface area contributed by atoms with E-state index in [4.69, 9.17) is 0 Å². The average Bonchev–Trinajstić information content (AvgIpc) is 2.74. The molecule has 1 amide bonds. The van der Waals surface area contributed by atoms with Crippen molar-refractivity contribution in [3.8, 4) is 0 Å². The van der Waals surface area contributed by atoms with E-state index in [9.17, 15) is 4.79 Å². The fourth-order valence-corrected chi connectivity index (χ4v) is 2.92. The highest BCUT2D eigenvalue weighted by atomic mass is 16.1. The molecule has 0 saturated carbocycles. The van der Waals surface area contributed by atoms with Crippen molar-refractivity contribution in [2.45, 2.75) is 20.4 Å². The van der Waals surface area contributed by atoms with Crippen LogP contribution in [0.25, 0.3) is 6.08 Å². The van der Waals surface area contributed by atoms with Crippen LogP contribution in [0.15, 0.2) is 78.5 Å². The molecule has 0 radical (unpaired) electrons. The van der Waals surface area contributed by atoms with Gasteiger partial charge in [0.25, 0.3) is 5.91 Å². The molecule has 29 heavy (non-hydrogen) atoms. The second-order valence-corrected chi connectivity index (χ2v) is 7.06. The van der Waals surface area contributed by atoms with Crippen LogP contribution in [0.5, 0.6) is 0 Å². The Bertz CT molecular complexity index is 989. The lowest BCUT2D eigenvalue weighted by molar-refractivity contribution is -0.116. The van der Waals surface area contributed by atoms with Crippen molar-refractivity contribution >= 4 is 23.4 Å². The van der Waals surface area contributed by atoms with E-state index in [1.54, 1.807) is 7.05 Å². The largest absolute Gasteiger partial charge is 0.379 e. The number of aryl methyl sites for hydroxylation is 2. The standard InChI is InChI=1S/C25H27N3O/c1-18-8-12-20(13-9-18)16-24(25(29)26-3)28-23-7-5-4-6-22(23)27-17-21-14-10-19(2)11-15-21/h4-16,27-28H,17H2,1-3H3,(H,26,29). The summed E-state index contributed by atoms with van der Waals surface area (Å²) in [5, 5.41) is 9.46. The first kappa shape index (κ1) is 20.2. The molecular weight excluding hydrogens is 358 g/mol. The minimum Gasteiger partial charge on any atom is -0.379 e. The topological polar surface area (TPSA) is 53.2 Å². The highest BCUT2D eigenvalue weighted by Crippen LogP contribution is 2.24. The number of benzene rings is 3. The number of amides is 1. The third-order valence-electron chi connectivity index (χ3n) is 4.66. The maximum Gasteiger partial charge on any atom is 0.267 e. The minimum absolute atomic E-state index is 0.168. The lowest BCUT2D eigenvalue weighted by atomic mass is 10.1. The molecule has 148 valence electrons. The molecular formula is C25H27N3O. The molecule has 0 heterocycles. The second kappa shape index (κ2) is 9.60. The first-order chi connectivity index (χ1) is 14.0. The SMILES string of the molecule is CNC(=O)C(=Cc1ccc(C)cc1)Nc1ccccc1NCc1ccc(C)cc1. The van der Waals surface area contributed by atoms with Gasteiger partial charge in [-0.2, -0.15) is 0 Å². The average molecular weight is 386 g/mol. The summed E-state index contributed by atoms with van der Waals surface area (Å²) in [7, 11) is 1.63. The third-order valence-corrected chi connectivity index (χ3v) is 4.66. The van der Waals surface area contributed by atoms with Crippen molar-refractivity contribution in [1.82, 2.24) is 5.32 Å². The zero-order chi connectivity index (χ0) is 20.6. The van der Waals surface area contributed by atoms with Crippen molar-refractivity contribution < 1.29 is 4.79 Å². The molecule has 0 spiro atoms. The van der Waals surface area contributed by atoms with Crippen LogP contribution in [0, 0.1) is 13.8 Å². The van der Waals surface area contributed by atoms with E-state index in [-0.39, 0.29) is 5.91 Å². The molecule has 0 aliphatic carbocycles. The van der Waals surface area contributed by atoms with Gasteiger partial charge in [-0.25, -0.2) is 0 Å². The van der Waals surface area contributed by atoms with Crippen LogP contribution < -0.4 is 16.0 Å². The van der Waals surface area contributed by atoms with E-state index < -0.39 is 0 Å². The molecule has 3 aromatic carbocycles. The summed E-state index contributed by atoms with van der Waals surface area (Å²) in [5.41, 5.74) is 6.86. The summed E-state index contributed by atoms with van der Waals surface area (Å²) in [6.07, 6.45) is 1.86. The maximum atomic E-state index is 12.4. The highest BCUT2D eigenvalue weighted by Gasteiger charge is 2.10. The number of carbonyl (C=O) groups excluding carboxylic acids is 1. The predicted molar refractivity (Wildman–Crippen MR) is 122 cm³/mol. The lowest BCUT2D eigenvalue weighted by Crippen LogP contribution is -2.24. The summed E-state index contributed by atoms with van der Waals surface area (Å²) >= 11 is 0. The summed E-state index contributed by atoms with van der Waals surface area (Å²) < 4.78 is 0. The van der Waals surface area contributed by atoms with Crippen LogP contribution >= 0.6 is 0 Å².